The van der Waals surface area contributed by atoms with Crippen LogP contribution in [0.3, 0.4) is 0 Å². The van der Waals surface area contributed by atoms with Crippen LogP contribution in [0.1, 0.15) is 27.7 Å². The van der Waals surface area contributed by atoms with Crippen molar-refractivity contribution in [1.29, 1.82) is 0 Å². The van der Waals surface area contributed by atoms with E-state index in [9.17, 15) is 9.59 Å². The molecule has 0 radical (unpaired) electrons. The lowest BCUT2D eigenvalue weighted by atomic mass is 9.98. The Kier molecular flexibility index (Phi) is 21.6. The van der Waals surface area contributed by atoms with Crippen LogP contribution in [-0.4, -0.2) is 58.6 Å². The van der Waals surface area contributed by atoms with Crippen LogP contribution in [0.2, 0.25) is 0 Å². The van der Waals surface area contributed by atoms with E-state index in [0.29, 0.717) is 42.3 Å². The third kappa shape index (κ3) is 15.6. The van der Waals surface area contributed by atoms with Crippen molar-refractivity contribution in [3.8, 4) is 51.0 Å². The summed E-state index contributed by atoms with van der Waals surface area (Å²) in [6.07, 6.45) is 5.39. The molecule has 49 heavy (non-hydrogen) atoms. The molecular weight excluding hydrogens is 628 g/mol. The van der Waals surface area contributed by atoms with Crippen LogP contribution < -0.4 is 23.7 Å². The predicted molar refractivity (Wildman–Crippen MR) is 193 cm³/mol. The third-order valence-electron chi connectivity index (χ3n) is 5.68. The fourth-order valence-corrected chi connectivity index (χ4v) is 3.60. The Bertz CT molecular complexity index is 1540. The summed E-state index contributed by atoms with van der Waals surface area (Å²) in [4.78, 5) is 40.9. The zero-order valence-electron chi connectivity index (χ0n) is 29.1. The predicted octanol–water partition coefficient (Wildman–Crippen LogP) is 7.79. The van der Waals surface area contributed by atoms with Gasteiger partial charge >= 0.3 is 11.9 Å². The molecule has 1 saturated heterocycles. The smallest absolute Gasteiger partial charge is 0.338 e. The number of hydrogen-bond donors (Lipinski definition) is 0. The highest BCUT2D eigenvalue weighted by Gasteiger charge is 2.24. The molecular formula is C39H46O10. The number of carbonyl (C=O) groups is 4. The van der Waals surface area contributed by atoms with Gasteiger partial charge in [0, 0.05) is 18.1 Å². The molecule has 0 N–H and O–H groups in total. The zero-order valence-corrected chi connectivity index (χ0v) is 29.1. The number of hydrogen-bond acceptors (Lipinski definition) is 10. The van der Waals surface area contributed by atoms with Gasteiger partial charge in [0.25, 0.3) is 0 Å². The van der Waals surface area contributed by atoms with Gasteiger partial charge < -0.3 is 33.2 Å². The Hall–Kier alpha value is -5.74. The largest absolute Gasteiger partial charge is 0.493 e. The molecule has 0 aromatic heterocycles. The summed E-state index contributed by atoms with van der Waals surface area (Å²) in [6, 6.07) is 16.4. The number of ether oxygens (including phenoxy) is 6. The van der Waals surface area contributed by atoms with Gasteiger partial charge in [0.2, 0.25) is 0 Å². The quantitative estimate of drug-likeness (QED) is 0.0497. The summed E-state index contributed by atoms with van der Waals surface area (Å²) in [5, 5.41) is 0. The molecule has 0 bridgehead atoms. The molecule has 4 rings (SSSR count). The summed E-state index contributed by atoms with van der Waals surface area (Å²) in [6.45, 7) is 23.1. The summed E-state index contributed by atoms with van der Waals surface area (Å²) in [5.41, 5.74) is 3.49. The number of methoxy groups -OCH3 is 2. The Morgan fingerprint density at radius 3 is 1.71 bits per heavy atom. The van der Waals surface area contributed by atoms with Crippen molar-refractivity contribution in [3.63, 3.8) is 0 Å². The zero-order chi connectivity index (χ0) is 37.4. The van der Waals surface area contributed by atoms with E-state index in [0.717, 1.165) is 16.7 Å². The third-order valence-corrected chi connectivity index (χ3v) is 5.68. The van der Waals surface area contributed by atoms with Crippen molar-refractivity contribution in [2.75, 3.05) is 27.4 Å². The normalized spacial score (nSPS) is 11.5. The fraction of sp³-hybridized carbons (Fsp3) is 0.231. The lowest BCUT2D eigenvalue weighted by Crippen LogP contribution is -2.11. The lowest BCUT2D eigenvalue weighted by Gasteiger charge is -2.16. The summed E-state index contributed by atoms with van der Waals surface area (Å²) in [5.74, 6) is 0.922. The van der Waals surface area contributed by atoms with Gasteiger partial charge in [0.1, 0.15) is 31.5 Å². The number of allylic oxidation sites excluding steroid dienone is 3. The van der Waals surface area contributed by atoms with Crippen LogP contribution >= 0.6 is 0 Å². The van der Waals surface area contributed by atoms with E-state index in [2.05, 4.69) is 26.3 Å². The standard InChI is InChI=1S/C29H28O8.C3H4O.2C3H6.CH2O/c1-17(2)29(31)37-28-14-21(8-11-25(28)36-18(3)30)23-9-6-19(12-26(23)35-16-22-15-34-22)20-7-10-24(32-4)27(13-20)33-5;1-2-3-4;2*1-3-2;1-2/h6-14,22H,1,15-16H2,2-5H3;2-3H,1H2;2*3H,1H2,2H3;1H2. The molecule has 1 aliphatic heterocycles. The van der Waals surface area contributed by atoms with Crippen molar-refractivity contribution in [1.82, 2.24) is 0 Å². The molecule has 1 heterocycles. The first-order valence-electron chi connectivity index (χ1n) is 14.8. The molecule has 3 aromatic rings. The van der Waals surface area contributed by atoms with Gasteiger partial charge in [0.15, 0.2) is 23.0 Å². The minimum absolute atomic E-state index is 0.0519. The van der Waals surface area contributed by atoms with Gasteiger partial charge in [0.05, 0.1) is 20.8 Å². The average molecular weight is 675 g/mol. The van der Waals surface area contributed by atoms with Crippen LogP contribution in [-0.2, 0) is 23.9 Å². The Labute approximate surface area is 289 Å². The molecule has 0 saturated carbocycles. The van der Waals surface area contributed by atoms with Crippen LogP contribution in [0.4, 0.5) is 0 Å². The van der Waals surface area contributed by atoms with E-state index in [-0.39, 0.29) is 23.2 Å². The highest BCUT2D eigenvalue weighted by Crippen LogP contribution is 2.40. The maximum Gasteiger partial charge on any atom is 0.338 e. The fourth-order valence-electron chi connectivity index (χ4n) is 3.60. The van der Waals surface area contributed by atoms with Gasteiger partial charge in [-0.3, -0.25) is 9.59 Å². The summed E-state index contributed by atoms with van der Waals surface area (Å²) < 4.78 is 33.0. The molecule has 10 heteroatoms. The van der Waals surface area contributed by atoms with Gasteiger partial charge in [-0.2, -0.15) is 0 Å². The Morgan fingerprint density at radius 1 is 0.776 bits per heavy atom. The molecule has 262 valence electrons. The number of aldehydes is 1. The minimum atomic E-state index is -0.628. The summed E-state index contributed by atoms with van der Waals surface area (Å²) >= 11 is 0. The average Bonchev–Trinajstić information content (AvgIpc) is 3.94. The van der Waals surface area contributed by atoms with Crippen LogP contribution in [0, 0.1) is 0 Å². The van der Waals surface area contributed by atoms with Crippen molar-refractivity contribution >= 4 is 25.0 Å². The van der Waals surface area contributed by atoms with Crippen LogP contribution in [0.5, 0.6) is 28.7 Å². The maximum atomic E-state index is 12.2. The van der Waals surface area contributed by atoms with Crippen molar-refractivity contribution in [3.05, 3.63) is 105 Å². The second-order valence-corrected chi connectivity index (χ2v) is 9.66. The second-order valence-electron chi connectivity index (χ2n) is 9.66. The molecule has 0 aliphatic carbocycles. The van der Waals surface area contributed by atoms with E-state index in [1.165, 1.54) is 19.9 Å². The highest BCUT2D eigenvalue weighted by atomic mass is 16.6. The number of benzene rings is 3. The first-order chi connectivity index (χ1) is 23.5. The number of carbonyl (C=O) groups excluding carboxylic acids is 4. The highest BCUT2D eigenvalue weighted by molar-refractivity contribution is 5.90. The maximum absolute atomic E-state index is 12.2. The first-order valence-corrected chi connectivity index (χ1v) is 14.8. The van der Waals surface area contributed by atoms with E-state index < -0.39 is 11.9 Å². The van der Waals surface area contributed by atoms with E-state index >= 15 is 0 Å². The number of esters is 2. The van der Waals surface area contributed by atoms with Gasteiger partial charge in [-0.25, -0.2) is 4.79 Å². The minimum Gasteiger partial charge on any atom is -0.493 e. The van der Waals surface area contributed by atoms with E-state index in [4.69, 9.17) is 38.0 Å². The molecule has 0 amide bonds. The van der Waals surface area contributed by atoms with Crippen LogP contribution in [0.25, 0.3) is 22.3 Å². The monoisotopic (exact) mass is 674 g/mol. The van der Waals surface area contributed by atoms with Crippen molar-refractivity contribution in [2.45, 2.75) is 33.8 Å². The lowest BCUT2D eigenvalue weighted by molar-refractivity contribution is -0.133. The summed E-state index contributed by atoms with van der Waals surface area (Å²) in [7, 11) is 3.18. The first kappa shape index (κ1) is 43.3. The molecule has 10 nitrogen and oxygen atoms in total. The van der Waals surface area contributed by atoms with E-state index in [1.807, 2.05) is 57.0 Å². The number of rotatable bonds is 11. The molecule has 1 unspecified atom stereocenters. The second kappa shape index (κ2) is 24.4. The van der Waals surface area contributed by atoms with Gasteiger partial charge in [-0.15, -0.1) is 13.2 Å². The van der Waals surface area contributed by atoms with Gasteiger partial charge in [-0.1, -0.05) is 49.6 Å². The Morgan fingerprint density at radius 2 is 1.24 bits per heavy atom. The van der Waals surface area contributed by atoms with Crippen molar-refractivity contribution in [2.24, 2.45) is 0 Å². The topological polar surface area (TPSA) is 127 Å². The molecule has 1 atom stereocenters. The van der Waals surface area contributed by atoms with E-state index in [1.54, 1.807) is 44.6 Å². The van der Waals surface area contributed by atoms with Crippen molar-refractivity contribution < 1.29 is 47.6 Å². The number of epoxide rings is 1. The molecule has 0 spiro atoms. The SMILES string of the molecule is C=C(C)C(=O)Oc1cc(-c2ccc(-c3ccc(OC)c(OC)c3)cc2OCC2CO2)ccc1OC(C)=O.C=CC.C=CC.C=CC=O.C=O. The molecule has 1 fully saturated rings. The van der Waals surface area contributed by atoms with Crippen LogP contribution in [0.15, 0.2) is 105 Å². The van der Waals surface area contributed by atoms with Gasteiger partial charge in [-0.05, 0) is 73.9 Å². The molecule has 1 aliphatic rings. The molecule has 3 aromatic carbocycles. The Balaban J connectivity index is 0.00000168.